The van der Waals surface area contributed by atoms with Gasteiger partial charge in [0.2, 0.25) is 0 Å². The van der Waals surface area contributed by atoms with E-state index >= 15 is 0 Å². The van der Waals surface area contributed by atoms with E-state index < -0.39 is 0 Å². The molecule has 20 heavy (non-hydrogen) atoms. The highest BCUT2D eigenvalue weighted by Crippen LogP contribution is 2.33. The Hall–Kier alpha value is -1.06. The second-order valence-corrected chi connectivity index (χ2v) is 6.10. The molecule has 3 unspecified atom stereocenters. The average Bonchev–Trinajstić information content (AvgIpc) is 2.49. The van der Waals surface area contributed by atoms with Crippen LogP contribution in [0.15, 0.2) is 18.2 Å². The topological polar surface area (TPSA) is 41.5 Å². The lowest BCUT2D eigenvalue weighted by atomic mass is 9.87. The highest BCUT2D eigenvalue weighted by Gasteiger charge is 2.25. The van der Waals surface area contributed by atoms with Gasteiger partial charge in [-0.25, -0.2) is 0 Å². The van der Waals surface area contributed by atoms with Crippen LogP contribution in [0.25, 0.3) is 0 Å². The van der Waals surface area contributed by atoms with Gasteiger partial charge >= 0.3 is 0 Å². The molecular formula is C17H25NO2. The van der Waals surface area contributed by atoms with Crippen molar-refractivity contribution in [3.8, 4) is 5.75 Å². The summed E-state index contributed by atoms with van der Waals surface area (Å²) < 4.78 is 6.05. The van der Waals surface area contributed by atoms with Crippen LogP contribution in [-0.4, -0.2) is 24.4 Å². The van der Waals surface area contributed by atoms with Gasteiger partial charge in [0.15, 0.2) is 0 Å². The summed E-state index contributed by atoms with van der Waals surface area (Å²) in [6.45, 7) is 0. The largest absolute Gasteiger partial charge is 0.488 e. The molecule has 1 aromatic rings. The fourth-order valence-electron chi connectivity index (χ4n) is 3.54. The number of hydrogen-bond acceptors (Lipinski definition) is 3. The van der Waals surface area contributed by atoms with Crippen molar-refractivity contribution in [3.63, 3.8) is 0 Å². The van der Waals surface area contributed by atoms with E-state index in [1.807, 2.05) is 7.05 Å². The Morgan fingerprint density at radius 1 is 1.15 bits per heavy atom. The Kier molecular flexibility index (Phi) is 4.27. The maximum absolute atomic E-state index is 10.0. The standard InChI is InChI=1S/C17H25NO2/c1-18-15-6-4-5-12-9-10-13(11-14(12)15)20-17-8-3-2-7-16(17)19/h9-11,15-19H,2-8H2,1H3. The number of hydrogen-bond donors (Lipinski definition) is 2. The van der Waals surface area contributed by atoms with E-state index in [0.29, 0.717) is 6.04 Å². The van der Waals surface area contributed by atoms with Crippen molar-refractivity contribution in [1.29, 1.82) is 0 Å². The zero-order chi connectivity index (χ0) is 13.9. The Labute approximate surface area is 121 Å². The summed E-state index contributed by atoms with van der Waals surface area (Å²) in [7, 11) is 2.03. The third-order valence-electron chi connectivity index (χ3n) is 4.74. The second kappa shape index (κ2) is 6.15. The summed E-state index contributed by atoms with van der Waals surface area (Å²) in [5.41, 5.74) is 2.81. The molecule has 2 aliphatic carbocycles. The molecule has 1 saturated carbocycles. The van der Waals surface area contributed by atoms with Crippen molar-refractivity contribution >= 4 is 0 Å². The third kappa shape index (κ3) is 2.84. The third-order valence-corrected chi connectivity index (χ3v) is 4.74. The number of aliphatic hydroxyl groups excluding tert-OH is 1. The van der Waals surface area contributed by atoms with Gasteiger partial charge in [0.05, 0.1) is 6.10 Å². The van der Waals surface area contributed by atoms with Crippen LogP contribution in [0, 0.1) is 0 Å². The van der Waals surface area contributed by atoms with Gasteiger partial charge in [0.1, 0.15) is 11.9 Å². The van der Waals surface area contributed by atoms with Crippen LogP contribution in [0.5, 0.6) is 5.75 Å². The minimum Gasteiger partial charge on any atom is -0.488 e. The maximum atomic E-state index is 10.0. The van der Waals surface area contributed by atoms with E-state index in [4.69, 9.17) is 4.74 Å². The molecule has 0 spiro atoms. The molecule has 0 saturated heterocycles. The van der Waals surface area contributed by atoms with Crippen LogP contribution in [0.3, 0.4) is 0 Å². The molecule has 3 rings (SSSR count). The molecule has 2 N–H and O–H groups in total. The van der Waals surface area contributed by atoms with E-state index in [-0.39, 0.29) is 12.2 Å². The molecule has 1 fully saturated rings. The lowest BCUT2D eigenvalue weighted by Crippen LogP contribution is -2.34. The van der Waals surface area contributed by atoms with Crippen molar-refractivity contribution in [3.05, 3.63) is 29.3 Å². The van der Waals surface area contributed by atoms with Gasteiger partial charge in [0.25, 0.3) is 0 Å². The van der Waals surface area contributed by atoms with E-state index in [2.05, 4.69) is 23.5 Å². The number of fused-ring (bicyclic) bond motifs is 1. The molecule has 0 heterocycles. The van der Waals surface area contributed by atoms with Gasteiger partial charge in [-0.1, -0.05) is 12.5 Å². The first-order chi connectivity index (χ1) is 9.78. The van der Waals surface area contributed by atoms with Gasteiger partial charge < -0.3 is 15.2 Å². The predicted octanol–water partition coefficient (Wildman–Crippen LogP) is 2.97. The molecule has 3 atom stereocenters. The summed E-state index contributed by atoms with van der Waals surface area (Å²) >= 11 is 0. The first kappa shape index (κ1) is 13.9. The molecule has 2 aliphatic rings. The van der Waals surface area contributed by atoms with Crippen molar-refractivity contribution in [2.24, 2.45) is 0 Å². The lowest BCUT2D eigenvalue weighted by Gasteiger charge is -2.30. The number of nitrogens with one attached hydrogen (secondary N) is 1. The molecule has 1 aromatic carbocycles. The number of rotatable bonds is 3. The van der Waals surface area contributed by atoms with Gasteiger partial charge in [-0.2, -0.15) is 0 Å². The Bertz CT molecular complexity index is 460. The first-order valence-electron chi connectivity index (χ1n) is 7.93. The van der Waals surface area contributed by atoms with E-state index in [9.17, 15) is 5.11 Å². The van der Waals surface area contributed by atoms with Crippen LogP contribution >= 0.6 is 0 Å². The van der Waals surface area contributed by atoms with E-state index in [0.717, 1.165) is 31.4 Å². The lowest BCUT2D eigenvalue weighted by molar-refractivity contribution is 0.00680. The molecule has 0 aliphatic heterocycles. The molecule has 0 aromatic heterocycles. The number of ether oxygens (including phenoxy) is 1. The van der Waals surface area contributed by atoms with Gasteiger partial charge in [-0.3, -0.25) is 0 Å². The predicted molar refractivity (Wildman–Crippen MR) is 80.1 cm³/mol. The molecule has 0 amide bonds. The van der Waals surface area contributed by atoms with E-state index in [1.165, 1.54) is 30.4 Å². The van der Waals surface area contributed by atoms with Crippen molar-refractivity contribution in [1.82, 2.24) is 5.32 Å². The fraction of sp³-hybridized carbons (Fsp3) is 0.647. The highest BCUT2D eigenvalue weighted by atomic mass is 16.5. The molecule has 0 bridgehead atoms. The average molecular weight is 275 g/mol. The smallest absolute Gasteiger partial charge is 0.124 e. The monoisotopic (exact) mass is 275 g/mol. The fourth-order valence-corrected chi connectivity index (χ4v) is 3.54. The Balaban J connectivity index is 1.77. The number of aliphatic hydroxyl groups is 1. The quantitative estimate of drug-likeness (QED) is 0.891. The summed E-state index contributed by atoms with van der Waals surface area (Å²) in [6.07, 6.45) is 7.39. The zero-order valence-electron chi connectivity index (χ0n) is 12.3. The SMILES string of the molecule is CNC1CCCc2ccc(OC3CCCCC3O)cc21. The van der Waals surface area contributed by atoms with Gasteiger partial charge in [-0.15, -0.1) is 0 Å². The molecule has 110 valence electrons. The molecular weight excluding hydrogens is 250 g/mol. The summed E-state index contributed by atoms with van der Waals surface area (Å²) in [5, 5.41) is 13.4. The molecule has 0 radical (unpaired) electrons. The Morgan fingerprint density at radius 3 is 2.80 bits per heavy atom. The minimum atomic E-state index is -0.306. The maximum Gasteiger partial charge on any atom is 0.124 e. The van der Waals surface area contributed by atoms with Crippen LogP contribution in [0.2, 0.25) is 0 Å². The molecule has 3 nitrogen and oxygen atoms in total. The number of aryl methyl sites for hydroxylation is 1. The van der Waals surface area contributed by atoms with Crippen molar-refractivity contribution in [2.75, 3.05) is 7.05 Å². The highest BCUT2D eigenvalue weighted by molar-refractivity contribution is 5.39. The number of benzene rings is 1. The second-order valence-electron chi connectivity index (χ2n) is 6.10. The summed E-state index contributed by atoms with van der Waals surface area (Å²) in [6, 6.07) is 6.89. The van der Waals surface area contributed by atoms with Crippen molar-refractivity contribution in [2.45, 2.75) is 63.2 Å². The summed E-state index contributed by atoms with van der Waals surface area (Å²) in [5.74, 6) is 0.914. The zero-order valence-corrected chi connectivity index (χ0v) is 12.3. The van der Waals surface area contributed by atoms with Gasteiger partial charge in [-0.05, 0) is 68.8 Å². The Morgan fingerprint density at radius 2 is 2.00 bits per heavy atom. The van der Waals surface area contributed by atoms with Crippen LogP contribution in [0.1, 0.15) is 55.7 Å². The van der Waals surface area contributed by atoms with Gasteiger partial charge in [0, 0.05) is 6.04 Å². The van der Waals surface area contributed by atoms with Crippen LogP contribution < -0.4 is 10.1 Å². The van der Waals surface area contributed by atoms with Crippen molar-refractivity contribution < 1.29 is 9.84 Å². The first-order valence-corrected chi connectivity index (χ1v) is 7.93. The molecule has 3 heteroatoms. The van der Waals surface area contributed by atoms with E-state index in [1.54, 1.807) is 0 Å². The minimum absolute atomic E-state index is 0.0292. The van der Waals surface area contributed by atoms with Crippen LogP contribution in [0.4, 0.5) is 0 Å². The normalized spacial score (nSPS) is 29.8. The van der Waals surface area contributed by atoms with Crippen LogP contribution in [-0.2, 0) is 6.42 Å². The summed E-state index contributed by atoms with van der Waals surface area (Å²) in [4.78, 5) is 0.